The molecule has 0 aromatic rings. The first-order chi connectivity index (χ1) is 5.08. The Bertz CT molecular complexity index is 198. The number of fused-ring (bicyclic) bond motifs is 1. The van der Waals surface area contributed by atoms with Gasteiger partial charge in [-0.1, -0.05) is 6.58 Å². The van der Waals surface area contributed by atoms with Crippen molar-refractivity contribution in [2.24, 2.45) is 0 Å². The van der Waals surface area contributed by atoms with Crippen molar-refractivity contribution in [1.82, 2.24) is 0 Å². The predicted octanol–water partition coefficient (Wildman–Crippen LogP) is 1.05. The SMILES string of the molecule is C=C1COC2OC(C)(C)OC12. The Kier molecular flexibility index (Phi) is 1.36. The third-order valence-corrected chi connectivity index (χ3v) is 1.89. The van der Waals surface area contributed by atoms with Crippen LogP contribution in [0.4, 0.5) is 0 Å². The van der Waals surface area contributed by atoms with E-state index in [1.807, 2.05) is 13.8 Å². The second kappa shape index (κ2) is 2.06. The van der Waals surface area contributed by atoms with E-state index in [-0.39, 0.29) is 12.4 Å². The van der Waals surface area contributed by atoms with E-state index in [1.54, 1.807) is 0 Å². The molecule has 2 aliphatic heterocycles. The molecule has 11 heavy (non-hydrogen) atoms. The lowest BCUT2D eigenvalue weighted by molar-refractivity contribution is -0.189. The smallest absolute Gasteiger partial charge is 0.191 e. The van der Waals surface area contributed by atoms with E-state index in [1.165, 1.54) is 0 Å². The average molecular weight is 156 g/mol. The van der Waals surface area contributed by atoms with Crippen molar-refractivity contribution >= 4 is 0 Å². The van der Waals surface area contributed by atoms with Gasteiger partial charge in [0, 0.05) is 0 Å². The second-order valence-corrected chi connectivity index (χ2v) is 3.39. The highest BCUT2D eigenvalue weighted by Gasteiger charge is 2.46. The molecule has 0 bridgehead atoms. The molecule has 3 nitrogen and oxygen atoms in total. The summed E-state index contributed by atoms with van der Waals surface area (Å²) in [5, 5.41) is 0. The van der Waals surface area contributed by atoms with Crippen LogP contribution in [0.5, 0.6) is 0 Å². The third kappa shape index (κ3) is 1.09. The molecule has 2 fully saturated rings. The highest BCUT2D eigenvalue weighted by atomic mass is 16.8. The van der Waals surface area contributed by atoms with Gasteiger partial charge in [-0.25, -0.2) is 0 Å². The highest BCUT2D eigenvalue weighted by Crippen LogP contribution is 2.36. The predicted molar refractivity (Wildman–Crippen MR) is 38.9 cm³/mol. The molecule has 2 aliphatic rings. The zero-order valence-electron chi connectivity index (χ0n) is 6.79. The molecule has 0 saturated carbocycles. The molecule has 3 heteroatoms. The maximum Gasteiger partial charge on any atom is 0.191 e. The zero-order valence-corrected chi connectivity index (χ0v) is 6.79. The fourth-order valence-corrected chi connectivity index (χ4v) is 1.40. The first kappa shape index (κ1) is 7.28. The van der Waals surface area contributed by atoms with Gasteiger partial charge in [0.15, 0.2) is 12.1 Å². The number of hydrogen-bond acceptors (Lipinski definition) is 3. The van der Waals surface area contributed by atoms with Gasteiger partial charge >= 0.3 is 0 Å². The van der Waals surface area contributed by atoms with Gasteiger partial charge in [-0.05, 0) is 19.4 Å². The summed E-state index contributed by atoms with van der Waals surface area (Å²) in [5.41, 5.74) is 0.973. The van der Waals surface area contributed by atoms with E-state index >= 15 is 0 Å². The average Bonchev–Trinajstić information content (AvgIpc) is 2.31. The highest BCUT2D eigenvalue weighted by molar-refractivity contribution is 5.11. The standard InChI is InChI=1S/C8H12O3/c1-5-4-9-7-6(5)10-8(2,3)11-7/h6-7H,1,4H2,2-3H3. The molecule has 2 heterocycles. The van der Waals surface area contributed by atoms with E-state index in [4.69, 9.17) is 14.2 Å². The second-order valence-electron chi connectivity index (χ2n) is 3.39. The minimum absolute atomic E-state index is 0.0509. The summed E-state index contributed by atoms with van der Waals surface area (Å²) in [6.07, 6.45) is -0.275. The lowest BCUT2D eigenvalue weighted by atomic mass is 10.2. The minimum Gasteiger partial charge on any atom is -0.345 e. The van der Waals surface area contributed by atoms with Gasteiger partial charge in [-0.3, -0.25) is 0 Å². The van der Waals surface area contributed by atoms with Crippen LogP contribution < -0.4 is 0 Å². The van der Waals surface area contributed by atoms with E-state index in [0.717, 1.165) is 5.57 Å². The van der Waals surface area contributed by atoms with Crippen LogP contribution in [-0.2, 0) is 14.2 Å². The lowest BCUT2D eigenvalue weighted by Crippen LogP contribution is -2.23. The topological polar surface area (TPSA) is 27.7 Å². The Balaban J connectivity index is 2.16. The van der Waals surface area contributed by atoms with Crippen LogP contribution in [0.25, 0.3) is 0 Å². The quantitative estimate of drug-likeness (QED) is 0.491. The molecule has 0 radical (unpaired) electrons. The Labute approximate surface area is 65.9 Å². The normalized spacial score (nSPS) is 41.1. The first-order valence-corrected chi connectivity index (χ1v) is 3.73. The van der Waals surface area contributed by atoms with Gasteiger partial charge in [-0.2, -0.15) is 0 Å². The first-order valence-electron chi connectivity index (χ1n) is 3.73. The molecule has 0 spiro atoms. The van der Waals surface area contributed by atoms with Gasteiger partial charge in [0.1, 0.15) is 6.10 Å². The fourth-order valence-electron chi connectivity index (χ4n) is 1.40. The van der Waals surface area contributed by atoms with Crippen molar-refractivity contribution < 1.29 is 14.2 Å². The minimum atomic E-state index is -0.515. The lowest BCUT2D eigenvalue weighted by Gasteiger charge is -2.17. The summed E-state index contributed by atoms with van der Waals surface area (Å²) in [6, 6.07) is 0. The van der Waals surface area contributed by atoms with Crippen LogP contribution in [0, 0.1) is 0 Å². The van der Waals surface area contributed by atoms with Gasteiger partial charge in [0.05, 0.1) is 6.61 Å². The maximum atomic E-state index is 5.54. The largest absolute Gasteiger partial charge is 0.345 e. The molecule has 62 valence electrons. The Hall–Kier alpha value is -0.380. The summed E-state index contributed by atoms with van der Waals surface area (Å²) in [7, 11) is 0. The van der Waals surface area contributed by atoms with Crippen LogP contribution in [0.3, 0.4) is 0 Å². The molecule has 2 rings (SSSR count). The van der Waals surface area contributed by atoms with E-state index < -0.39 is 5.79 Å². The fraction of sp³-hybridized carbons (Fsp3) is 0.750. The van der Waals surface area contributed by atoms with Crippen molar-refractivity contribution in [3.05, 3.63) is 12.2 Å². The van der Waals surface area contributed by atoms with Gasteiger partial charge in [-0.15, -0.1) is 0 Å². The third-order valence-electron chi connectivity index (χ3n) is 1.89. The number of ether oxygens (including phenoxy) is 3. The van der Waals surface area contributed by atoms with Gasteiger partial charge < -0.3 is 14.2 Å². The summed E-state index contributed by atoms with van der Waals surface area (Å²) in [6.45, 7) is 8.15. The van der Waals surface area contributed by atoms with Crippen LogP contribution in [0.15, 0.2) is 12.2 Å². The van der Waals surface area contributed by atoms with Crippen LogP contribution in [0.1, 0.15) is 13.8 Å². The molecule has 2 unspecified atom stereocenters. The molecule has 0 amide bonds. The van der Waals surface area contributed by atoms with Crippen LogP contribution >= 0.6 is 0 Å². The van der Waals surface area contributed by atoms with Crippen molar-refractivity contribution in [3.63, 3.8) is 0 Å². The molecule has 2 atom stereocenters. The van der Waals surface area contributed by atoms with Crippen molar-refractivity contribution in [2.75, 3.05) is 6.61 Å². The monoisotopic (exact) mass is 156 g/mol. The summed E-state index contributed by atoms with van der Waals surface area (Å²) in [5.74, 6) is -0.515. The maximum absolute atomic E-state index is 5.54. The summed E-state index contributed by atoms with van der Waals surface area (Å²) < 4.78 is 16.3. The molecule has 0 aliphatic carbocycles. The van der Waals surface area contributed by atoms with Crippen molar-refractivity contribution in [1.29, 1.82) is 0 Å². The van der Waals surface area contributed by atoms with Crippen LogP contribution in [-0.4, -0.2) is 24.8 Å². The van der Waals surface area contributed by atoms with Crippen molar-refractivity contribution in [2.45, 2.75) is 32.0 Å². The Morgan fingerprint density at radius 1 is 1.45 bits per heavy atom. The van der Waals surface area contributed by atoms with Gasteiger partial charge in [0.25, 0.3) is 0 Å². The van der Waals surface area contributed by atoms with E-state index in [2.05, 4.69) is 6.58 Å². The molecule has 0 N–H and O–H groups in total. The number of rotatable bonds is 0. The van der Waals surface area contributed by atoms with E-state index in [9.17, 15) is 0 Å². The molecule has 0 aromatic carbocycles. The summed E-state index contributed by atoms with van der Waals surface area (Å²) >= 11 is 0. The van der Waals surface area contributed by atoms with Crippen LogP contribution in [0.2, 0.25) is 0 Å². The Morgan fingerprint density at radius 3 is 2.82 bits per heavy atom. The molecular formula is C8H12O3. The molecular weight excluding hydrogens is 144 g/mol. The van der Waals surface area contributed by atoms with E-state index in [0.29, 0.717) is 6.61 Å². The molecule has 0 aromatic heterocycles. The number of hydrogen-bond donors (Lipinski definition) is 0. The Morgan fingerprint density at radius 2 is 2.18 bits per heavy atom. The molecule has 2 saturated heterocycles. The van der Waals surface area contributed by atoms with Gasteiger partial charge in [0.2, 0.25) is 0 Å². The summed E-state index contributed by atoms with van der Waals surface area (Å²) in [4.78, 5) is 0. The van der Waals surface area contributed by atoms with Crippen molar-refractivity contribution in [3.8, 4) is 0 Å². The zero-order chi connectivity index (χ0) is 8.06.